The van der Waals surface area contributed by atoms with Gasteiger partial charge in [-0.15, -0.1) is 0 Å². The van der Waals surface area contributed by atoms with E-state index in [0.29, 0.717) is 0 Å². The summed E-state index contributed by atoms with van der Waals surface area (Å²) in [6, 6.07) is 13.0. The van der Waals surface area contributed by atoms with Crippen LogP contribution in [0, 0.1) is 0 Å². The van der Waals surface area contributed by atoms with Crippen molar-refractivity contribution in [2.75, 3.05) is 6.54 Å². The van der Waals surface area contributed by atoms with Crippen LogP contribution in [-0.2, 0) is 0 Å². The van der Waals surface area contributed by atoms with Crippen LogP contribution in [0.15, 0.2) is 60.3 Å². The van der Waals surface area contributed by atoms with Crippen LogP contribution in [0.25, 0.3) is 16.8 Å². The molecule has 0 saturated carbocycles. The van der Waals surface area contributed by atoms with E-state index in [1.807, 2.05) is 0 Å². The van der Waals surface area contributed by atoms with Crippen LogP contribution in [-0.4, -0.2) is 6.54 Å². The summed E-state index contributed by atoms with van der Waals surface area (Å²) >= 11 is 0. The minimum atomic E-state index is 0.980. The van der Waals surface area contributed by atoms with Crippen molar-refractivity contribution in [3.63, 3.8) is 0 Å². The van der Waals surface area contributed by atoms with E-state index in [1.54, 1.807) is 0 Å². The Balaban J connectivity index is 2.25. The van der Waals surface area contributed by atoms with Gasteiger partial charge in [-0.05, 0) is 22.9 Å². The van der Waals surface area contributed by atoms with E-state index in [0.717, 1.165) is 6.54 Å². The topological polar surface area (TPSA) is 3.01 Å². The number of benzene rings is 2. The molecule has 0 unspecified atom stereocenters. The van der Waals surface area contributed by atoms with Gasteiger partial charge in [0.25, 0.3) is 0 Å². The largest absolute Gasteiger partial charge is 0.214 e. The predicted molar refractivity (Wildman–Crippen MR) is 71.0 cm³/mol. The van der Waals surface area contributed by atoms with Gasteiger partial charge in [0, 0.05) is 18.2 Å². The van der Waals surface area contributed by atoms with E-state index in [2.05, 4.69) is 65.3 Å². The normalized spacial score (nSPS) is 16.5. The van der Waals surface area contributed by atoms with E-state index in [4.69, 9.17) is 0 Å². The van der Waals surface area contributed by atoms with E-state index in [9.17, 15) is 0 Å². The van der Waals surface area contributed by atoms with Crippen molar-refractivity contribution in [2.45, 2.75) is 0 Å². The first-order chi connectivity index (χ1) is 8.43. The van der Waals surface area contributed by atoms with E-state index >= 15 is 0 Å². The molecule has 0 fully saturated rings. The van der Waals surface area contributed by atoms with Crippen molar-refractivity contribution < 1.29 is 0 Å². The molecule has 2 aliphatic rings. The van der Waals surface area contributed by atoms with Crippen molar-refractivity contribution in [2.24, 2.45) is 0 Å². The second-order valence-corrected chi connectivity index (χ2v) is 4.49. The van der Waals surface area contributed by atoms with Gasteiger partial charge in [0.05, 0.1) is 5.22 Å². The average Bonchev–Trinajstić information content (AvgIpc) is 2.78. The summed E-state index contributed by atoms with van der Waals surface area (Å²) in [5, 5.41) is 5.36. The minimum absolute atomic E-state index is 0.980. The van der Waals surface area contributed by atoms with Crippen LogP contribution in [0.1, 0.15) is 0 Å². The zero-order valence-electron chi connectivity index (χ0n) is 9.43. The number of allylic oxidation sites excluding steroid dienone is 3. The van der Waals surface area contributed by atoms with Gasteiger partial charge in [-0.25, -0.2) is 0 Å². The van der Waals surface area contributed by atoms with Crippen molar-refractivity contribution in [1.29, 1.82) is 0 Å². The Labute approximate surface area is 99.3 Å². The Morgan fingerprint density at radius 3 is 2.94 bits per heavy atom. The van der Waals surface area contributed by atoms with Gasteiger partial charge < -0.3 is 0 Å². The summed E-state index contributed by atoms with van der Waals surface area (Å²) in [6.45, 7) is 0.980. The van der Waals surface area contributed by atoms with Gasteiger partial charge in [-0.2, -0.15) is 4.58 Å². The molecule has 0 amide bonds. The predicted octanol–water partition coefficient (Wildman–Crippen LogP) is 1.58. The second kappa shape index (κ2) is 3.17. The Morgan fingerprint density at radius 1 is 1.00 bits per heavy atom. The fourth-order valence-electron chi connectivity index (χ4n) is 2.71. The smallest absolute Gasteiger partial charge is 0.188 e. The third kappa shape index (κ3) is 1.17. The average molecular weight is 218 g/mol. The Hall–Kier alpha value is -2.15. The maximum atomic E-state index is 2.36. The van der Waals surface area contributed by atoms with Gasteiger partial charge in [0.2, 0.25) is 11.1 Å². The van der Waals surface area contributed by atoms with Gasteiger partial charge in [0.15, 0.2) is 6.54 Å². The molecular weight excluding hydrogens is 206 g/mol. The molecular formula is C16H12N+. The van der Waals surface area contributed by atoms with Crippen molar-refractivity contribution >= 4 is 16.8 Å². The quantitative estimate of drug-likeness (QED) is 0.591. The molecule has 0 bridgehead atoms. The van der Waals surface area contributed by atoms with Crippen LogP contribution in [0.3, 0.4) is 0 Å². The molecule has 0 saturated heterocycles. The molecule has 0 spiro atoms. The zero-order chi connectivity index (χ0) is 11.2. The third-order valence-electron chi connectivity index (χ3n) is 3.53. The lowest BCUT2D eigenvalue weighted by Gasteiger charge is -1.99. The number of rotatable bonds is 0. The van der Waals surface area contributed by atoms with E-state index < -0.39 is 0 Å². The summed E-state index contributed by atoms with van der Waals surface area (Å²) < 4.78 is 2.36. The Bertz CT molecular complexity index is 807. The SMILES string of the molecule is C1=CC[N+]2=c3ccc4ccccc4c3=CC2=C1. The highest BCUT2D eigenvalue weighted by Gasteiger charge is 2.20. The first-order valence-corrected chi connectivity index (χ1v) is 5.94. The Morgan fingerprint density at radius 2 is 1.94 bits per heavy atom. The zero-order valence-corrected chi connectivity index (χ0v) is 9.43. The van der Waals surface area contributed by atoms with E-state index in [-0.39, 0.29) is 0 Å². The maximum absolute atomic E-state index is 2.36. The summed E-state index contributed by atoms with van der Waals surface area (Å²) in [6.07, 6.45) is 8.80. The number of hydrogen-bond acceptors (Lipinski definition) is 0. The molecule has 1 nitrogen and oxygen atoms in total. The molecule has 0 radical (unpaired) electrons. The Kier molecular flexibility index (Phi) is 1.67. The van der Waals surface area contributed by atoms with Gasteiger partial charge in [0.1, 0.15) is 0 Å². The number of hydrogen-bond donors (Lipinski definition) is 0. The first kappa shape index (κ1) is 8.94. The summed E-state index contributed by atoms with van der Waals surface area (Å²) in [5.74, 6) is 0. The van der Waals surface area contributed by atoms with Crippen LogP contribution in [0.4, 0.5) is 0 Å². The molecule has 2 aliphatic heterocycles. The maximum Gasteiger partial charge on any atom is 0.214 e. The highest BCUT2D eigenvalue weighted by molar-refractivity contribution is 5.84. The molecule has 80 valence electrons. The lowest BCUT2D eigenvalue weighted by atomic mass is 10.1. The summed E-state index contributed by atoms with van der Waals surface area (Å²) in [7, 11) is 0. The van der Waals surface area contributed by atoms with Crippen LogP contribution in [0.5, 0.6) is 0 Å². The molecule has 0 aromatic heterocycles. The van der Waals surface area contributed by atoms with Gasteiger partial charge in [-0.3, -0.25) is 0 Å². The number of nitrogens with zero attached hydrogens (tertiary/aromatic N) is 1. The van der Waals surface area contributed by atoms with Crippen molar-refractivity contribution in [3.8, 4) is 0 Å². The first-order valence-electron chi connectivity index (χ1n) is 5.94. The fraction of sp³-hybridized carbons (Fsp3) is 0.0625. The lowest BCUT2D eigenvalue weighted by molar-refractivity contribution is 0.776. The molecule has 0 aliphatic carbocycles. The second-order valence-electron chi connectivity index (χ2n) is 4.49. The van der Waals surface area contributed by atoms with Crippen LogP contribution in [0.2, 0.25) is 0 Å². The van der Waals surface area contributed by atoms with Crippen molar-refractivity contribution in [1.82, 2.24) is 4.58 Å². The summed E-state index contributed by atoms with van der Waals surface area (Å²) in [4.78, 5) is 0. The highest BCUT2D eigenvalue weighted by atomic mass is 15.0. The molecule has 2 aromatic carbocycles. The molecule has 17 heavy (non-hydrogen) atoms. The molecule has 2 aromatic rings. The van der Waals surface area contributed by atoms with E-state index in [1.165, 1.54) is 27.0 Å². The molecule has 1 heteroatoms. The summed E-state index contributed by atoms with van der Waals surface area (Å²) in [5.41, 5.74) is 1.30. The molecule has 2 heterocycles. The van der Waals surface area contributed by atoms with Crippen LogP contribution >= 0.6 is 0 Å². The monoisotopic (exact) mass is 218 g/mol. The van der Waals surface area contributed by atoms with Crippen LogP contribution < -0.4 is 15.2 Å². The molecule has 0 N–H and O–H groups in total. The lowest BCUT2D eigenvalue weighted by Crippen LogP contribution is -2.34. The molecule has 4 rings (SSSR count). The molecule has 0 atom stereocenters. The van der Waals surface area contributed by atoms with Crippen molar-refractivity contribution in [3.05, 3.63) is 70.9 Å². The standard InChI is InChI=1S/C16H12N/c1-2-7-14-12(5-1)8-9-16-15(14)11-13-6-3-4-10-17(13)16/h1-9,11H,10H2/q+1. The minimum Gasteiger partial charge on any atom is -0.188 e. The highest BCUT2D eigenvalue weighted by Crippen LogP contribution is 2.11. The fourth-order valence-corrected chi connectivity index (χ4v) is 2.71. The third-order valence-corrected chi connectivity index (χ3v) is 3.53. The van der Waals surface area contributed by atoms with Gasteiger partial charge in [-0.1, -0.05) is 30.3 Å². The number of fused-ring (bicyclic) bond motifs is 4. The van der Waals surface area contributed by atoms with Gasteiger partial charge >= 0.3 is 0 Å².